The number of rotatable bonds is 3. The molecule has 2 heterocycles. The van der Waals surface area contributed by atoms with Crippen LogP contribution in [0.4, 0.5) is 0 Å². The molecule has 20 heavy (non-hydrogen) atoms. The lowest BCUT2D eigenvalue weighted by Gasteiger charge is -2.23. The van der Waals surface area contributed by atoms with Gasteiger partial charge in [-0.25, -0.2) is 4.68 Å². The van der Waals surface area contributed by atoms with Gasteiger partial charge in [0.25, 0.3) is 0 Å². The molecular weight excluding hydrogens is 256 g/mol. The van der Waals surface area contributed by atoms with Crippen molar-refractivity contribution in [1.29, 1.82) is 0 Å². The molecule has 1 aliphatic carbocycles. The summed E-state index contributed by atoms with van der Waals surface area (Å²) in [5.41, 5.74) is 2.95. The maximum atomic E-state index is 12.5. The van der Waals surface area contributed by atoms with Crippen LogP contribution in [0.15, 0.2) is 27.6 Å². The van der Waals surface area contributed by atoms with E-state index in [1.807, 2.05) is 0 Å². The summed E-state index contributed by atoms with van der Waals surface area (Å²) in [7, 11) is 1.72. The molecule has 2 aromatic heterocycles. The van der Waals surface area contributed by atoms with Gasteiger partial charge >= 0.3 is 5.56 Å². The Balaban J connectivity index is 2.05. The normalized spacial score (nSPS) is 16.2. The van der Waals surface area contributed by atoms with E-state index in [0.29, 0.717) is 11.7 Å². The van der Waals surface area contributed by atoms with E-state index in [-0.39, 0.29) is 11.3 Å². The minimum Gasteiger partial charge on any atom is -0.462 e. The molecular formula is C14H18N4O2. The standard InChI is InChI=1S/C14H18N4O2/c1-15-18-13(10-6-3-2-4-7-10)17-16-12(14(18)19)11-8-5-9-20-11/h5,8-10,15H,2-4,6-7H2,1H3. The van der Waals surface area contributed by atoms with E-state index in [0.717, 1.165) is 18.7 Å². The molecule has 0 saturated heterocycles. The SMILES string of the molecule is CNn1c(C2CCCCC2)nnc(-c2ccco2)c1=O. The summed E-state index contributed by atoms with van der Waals surface area (Å²) in [6.45, 7) is 0. The van der Waals surface area contributed by atoms with Gasteiger partial charge < -0.3 is 9.84 Å². The summed E-state index contributed by atoms with van der Waals surface area (Å²) < 4.78 is 6.74. The lowest BCUT2D eigenvalue weighted by Crippen LogP contribution is -2.34. The van der Waals surface area contributed by atoms with Crippen molar-refractivity contribution in [1.82, 2.24) is 14.9 Å². The van der Waals surface area contributed by atoms with Crippen LogP contribution in [0, 0.1) is 0 Å². The van der Waals surface area contributed by atoms with Gasteiger partial charge in [-0.1, -0.05) is 19.3 Å². The molecule has 1 aliphatic rings. The quantitative estimate of drug-likeness (QED) is 0.928. The summed E-state index contributed by atoms with van der Waals surface area (Å²) in [4.78, 5) is 12.5. The Kier molecular flexibility index (Phi) is 3.54. The lowest BCUT2D eigenvalue weighted by atomic mass is 9.89. The van der Waals surface area contributed by atoms with Crippen molar-refractivity contribution in [3.05, 3.63) is 34.6 Å². The van der Waals surface area contributed by atoms with Gasteiger partial charge in [0, 0.05) is 13.0 Å². The highest BCUT2D eigenvalue weighted by molar-refractivity contribution is 5.49. The lowest BCUT2D eigenvalue weighted by molar-refractivity contribution is 0.412. The van der Waals surface area contributed by atoms with Crippen LogP contribution in [-0.2, 0) is 0 Å². The van der Waals surface area contributed by atoms with E-state index in [2.05, 4.69) is 15.6 Å². The Morgan fingerprint density at radius 3 is 2.75 bits per heavy atom. The molecule has 1 N–H and O–H groups in total. The van der Waals surface area contributed by atoms with Crippen LogP contribution < -0.4 is 11.0 Å². The molecule has 6 heteroatoms. The second kappa shape index (κ2) is 5.48. The zero-order valence-electron chi connectivity index (χ0n) is 11.5. The number of furan rings is 1. The molecule has 0 radical (unpaired) electrons. The first kappa shape index (κ1) is 12.9. The van der Waals surface area contributed by atoms with Crippen molar-refractivity contribution in [2.45, 2.75) is 38.0 Å². The fourth-order valence-electron chi connectivity index (χ4n) is 2.81. The maximum Gasteiger partial charge on any atom is 0.302 e. The van der Waals surface area contributed by atoms with Crippen molar-refractivity contribution >= 4 is 0 Å². The molecule has 0 aromatic carbocycles. The minimum atomic E-state index is -0.210. The maximum absolute atomic E-state index is 12.5. The third-order valence-electron chi connectivity index (χ3n) is 3.84. The van der Waals surface area contributed by atoms with E-state index >= 15 is 0 Å². The van der Waals surface area contributed by atoms with Crippen molar-refractivity contribution in [2.24, 2.45) is 0 Å². The largest absolute Gasteiger partial charge is 0.462 e. The van der Waals surface area contributed by atoms with Crippen molar-refractivity contribution in [2.75, 3.05) is 12.5 Å². The average molecular weight is 274 g/mol. The van der Waals surface area contributed by atoms with Gasteiger partial charge in [-0.05, 0) is 25.0 Å². The van der Waals surface area contributed by atoms with Gasteiger partial charge in [-0.3, -0.25) is 4.79 Å². The first-order valence-corrected chi connectivity index (χ1v) is 7.02. The fourth-order valence-corrected chi connectivity index (χ4v) is 2.81. The molecule has 1 fully saturated rings. The predicted octanol–water partition coefficient (Wildman–Crippen LogP) is 2.12. The topological polar surface area (TPSA) is 73.0 Å². The van der Waals surface area contributed by atoms with E-state index in [1.54, 1.807) is 19.2 Å². The average Bonchev–Trinajstić information content (AvgIpc) is 3.02. The Hall–Kier alpha value is -2.11. The molecule has 0 bridgehead atoms. The molecule has 106 valence electrons. The van der Waals surface area contributed by atoms with Crippen molar-refractivity contribution in [3.8, 4) is 11.5 Å². The number of nitrogens with one attached hydrogen (secondary N) is 1. The smallest absolute Gasteiger partial charge is 0.302 e. The second-order valence-corrected chi connectivity index (χ2v) is 5.08. The summed E-state index contributed by atoms with van der Waals surface area (Å²) in [5, 5.41) is 8.37. The molecule has 0 aliphatic heterocycles. The number of hydrogen-bond acceptors (Lipinski definition) is 5. The van der Waals surface area contributed by atoms with Gasteiger partial charge in [-0.15, -0.1) is 10.2 Å². The van der Waals surface area contributed by atoms with Crippen molar-refractivity contribution in [3.63, 3.8) is 0 Å². The summed E-state index contributed by atoms with van der Waals surface area (Å²) >= 11 is 0. The highest BCUT2D eigenvalue weighted by Gasteiger charge is 2.23. The monoisotopic (exact) mass is 274 g/mol. The molecule has 0 spiro atoms. The van der Waals surface area contributed by atoms with Crippen LogP contribution in [0.1, 0.15) is 43.8 Å². The molecule has 6 nitrogen and oxygen atoms in total. The van der Waals surface area contributed by atoms with Crippen LogP contribution in [0.3, 0.4) is 0 Å². The van der Waals surface area contributed by atoms with Gasteiger partial charge in [0.2, 0.25) is 0 Å². The van der Waals surface area contributed by atoms with E-state index in [9.17, 15) is 4.79 Å². The Morgan fingerprint density at radius 2 is 2.10 bits per heavy atom. The first-order chi connectivity index (χ1) is 9.81. The first-order valence-electron chi connectivity index (χ1n) is 7.02. The fraction of sp³-hybridized carbons (Fsp3) is 0.500. The molecule has 0 unspecified atom stereocenters. The van der Waals surface area contributed by atoms with Gasteiger partial charge in [0.15, 0.2) is 17.3 Å². The van der Waals surface area contributed by atoms with Gasteiger partial charge in [0.05, 0.1) is 6.26 Å². The number of aromatic nitrogens is 3. The summed E-state index contributed by atoms with van der Waals surface area (Å²) in [6, 6.07) is 3.45. The summed E-state index contributed by atoms with van der Waals surface area (Å²) in [5.74, 6) is 1.48. The third-order valence-corrected chi connectivity index (χ3v) is 3.84. The minimum absolute atomic E-state index is 0.210. The van der Waals surface area contributed by atoms with Crippen LogP contribution >= 0.6 is 0 Å². The highest BCUT2D eigenvalue weighted by Crippen LogP contribution is 2.30. The Labute approximate surface area is 116 Å². The van der Waals surface area contributed by atoms with Crippen LogP contribution in [-0.4, -0.2) is 21.9 Å². The van der Waals surface area contributed by atoms with Crippen LogP contribution in [0.25, 0.3) is 11.5 Å². The van der Waals surface area contributed by atoms with E-state index in [1.165, 1.54) is 30.2 Å². The molecule has 0 amide bonds. The Morgan fingerprint density at radius 1 is 1.30 bits per heavy atom. The third kappa shape index (κ3) is 2.21. The van der Waals surface area contributed by atoms with Crippen molar-refractivity contribution < 1.29 is 4.42 Å². The second-order valence-electron chi connectivity index (χ2n) is 5.08. The number of hydrogen-bond donors (Lipinski definition) is 1. The molecule has 3 rings (SSSR count). The predicted molar refractivity (Wildman–Crippen MR) is 75.1 cm³/mol. The van der Waals surface area contributed by atoms with Crippen LogP contribution in [0.2, 0.25) is 0 Å². The van der Waals surface area contributed by atoms with E-state index in [4.69, 9.17) is 4.42 Å². The molecule has 2 aromatic rings. The van der Waals surface area contributed by atoms with E-state index < -0.39 is 0 Å². The molecule has 1 saturated carbocycles. The zero-order valence-corrected chi connectivity index (χ0v) is 11.5. The number of nitrogens with zero attached hydrogens (tertiary/aromatic N) is 3. The Bertz CT molecular complexity index is 627. The zero-order chi connectivity index (χ0) is 13.9. The molecule has 0 atom stereocenters. The highest BCUT2D eigenvalue weighted by atomic mass is 16.3. The van der Waals surface area contributed by atoms with Crippen LogP contribution in [0.5, 0.6) is 0 Å². The van der Waals surface area contributed by atoms with Gasteiger partial charge in [-0.2, -0.15) is 0 Å². The summed E-state index contributed by atoms with van der Waals surface area (Å²) in [6.07, 6.45) is 7.29. The van der Waals surface area contributed by atoms with Gasteiger partial charge in [0.1, 0.15) is 0 Å².